The Morgan fingerprint density at radius 3 is 2.59 bits per heavy atom. The molecule has 4 nitrogen and oxygen atoms in total. The van der Waals surface area contributed by atoms with Gasteiger partial charge in [0.1, 0.15) is 5.82 Å². The van der Waals surface area contributed by atoms with Crippen molar-refractivity contribution in [2.75, 3.05) is 16.8 Å². The third-order valence-corrected chi connectivity index (χ3v) is 4.54. The van der Waals surface area contributed by atoms with Crippen LogP contribution in [-0.2, 0) is 19.1 Å². The largest absolute Gasteiger partial charge is 0.416 e. The smallest absolute Gasteiger partial charge is 0.352 e. The molecule has 138 valence electrons. The number of fused-ring (bicyclic) bond motifs is 1. The molecule has 2 aromatic carbocycles. The molecular weight excluding hydrogens is 353 g/mol. The van der Waals surface area contributed by atoms with Gasteiger partial charge in [-0.3, -0.25) is 0 Å². The summed E-state index contributed by atoms with van der Waals surface area (Å²) in [5.74, 6) is 1.01. The van der Waals surface area contributed by atoms with Crippen molar-refractivity contribution in [3.05, 3.63) is 77.5 Å². The first-order valence-corrected chi connectivity index (χ1v) is 8.58. The van der Waals surface area contributed by atoms with Gasteiger partial charge in [0.2, 0.25) is 5.95 Å². The second-order valence-corrected chi connectivity index (χ2v) is 6.38. The zero-order chi connectivity index (χ0) is 18.9. The third-order valence-electron chi connectivity index (χ3n) is 4.54. The predicted octanol–water partition coefficient (Wildman–Crippen LogP) is 4.80. The fourth-order valence-electron chi connectivity index (χ4n) is 3.18. The zero-order valence-electron chi connectivity index (χ0n) is 14.4. The number of halogens is 3. The van der Waals surface area contributed by atoms with Crippen LogP contribution in [-0.4, -0.2) is 16.5 Å². The Labute approximate surface area is 154 Å². The summed E-state index contributed by atoms with van der Waals surface area (Å²) in [6, 6.07) is 15.1. The Balaban J connectivity index is 1.54. The maximum atomic E-state index is 12.9. The Morgan fingerprint density at radius 2 is 1.78 bits per heavy atom. The van der Waals surface area contributed by atoms with Gasteiger partial charge in [-0.25, -0.2) is 4.98 Å². The fourth-order valence-corrected chi connectivity index (χ4v) is 3.18. The Hall–Kier alpha value is -3.09. The van der Waals surface area contributed by atoms with Crippen molar-refractivity contribution in [1.29, 1.82) is 0 Å². The summed E-state index contributed by atoms with van der Waals surface area (Å²) in [6.45, 7) is 1.58. The van der Waals surface area contributed by atoms with Crippen LogP contribution in [0.5, 0.6) is 0 Å². The van der Waals surface area contributed by atoms with Gasteiger partial charge in [-0.2, -0.15) is 18.2 Å². The van der Waals surface area contributed by atoms with Crippen molar-refractivity contribution in [1.82, 2.24) is 9.97 Å². The van der Waals surface area contributed by atoms with Crippen LogP contribution in [0.1, 0.15) is 16.7 Å². The molecule has 27 heavy (non-hydrogen) atoms. The van der Waals surface area contributed by atoms with E-state index < -0.39 is 11.7 Å². The van der Waals surface area contributed by atoms with E-state index in [0.717, 1.165) is 37.5 Å². The van der Waals surface area contributed by atoms with Gasteiger partial charge >= 0.3 is 6.18 Å². The summed E-state index contributed by atoms with van der Waals surface area (Å²) < 4.78 is 38.6. The average Bonchev–Trinajstić information content (AvgIpc) is 2.67. The van der Waals surface area contributed by atoms with Crippen molar-refractivity contribution in [3.63, 3.8) is 0 Å². The molecule has 1 aromatic heterocycles. The molecule has 0 aliphatic carbocycles. The standard InChI is InChI=1S/C20H17F3N4/c21-20(22,23)16-6-3-7-17(12-16)25-19-24-10-8-18(26-19)27-11-9-14-4-1-2-5-15(14)13-27/h1-8,10,12H,9,11,13H2,(H,24,25,26). The van der Waals surface area contributed by atoms with Crippen LogP contribution in [0.3, 0.4) is 0 Å². The topological polar surface area (TPSA) is 41.1 Å². The van der Waals surface area contributed by atoms with Gasteiger partial charge in [0.05, 0.1) is 5.56 Å². The van der Waals surface area contributed by atoms with Crippen molar-refractivity contribution in [2.45, 2.75) is 19.1 Å². The number of hydrogen-bond donors (Lipinski definition) is 1. The number of hydrogen-bond acceptors (Lipinski definition) is 4. The number of aromatic nitrogens is 2. The van der Waals surface area contributed by atoms with E-state index in [1.807, 2.05) is 18.2 Å². The van der Waals surface area contributed by atoms with E-state index in [2.05, 4.69) is 32.3 Å². The average molecular weight is 370 g/mol. The molecule has 7 heteroatoms. The van der Waals surface area contributed by atoms with Crippen LogP contribution in [0, 0.1) is 0 Å². The molecule has 4 rings (SSSR count). The second-order valence-electron chi connectivity index (χ2n) is 6.38. The number of rotatable bonds is 3. The highest BCUT2D eigenvalue weighted by Crippen LogP contribution is 2.31. The maximum absolute atomic E-state index is 12.9. The molecule has 2 heterocycles. The lowest BCUT2D eigenvalue weighted by Gasteiger charge is -2.29. The Morgan fingerprint density at radius 1 is 0.963 bits per heavy atom. The lowest BCUT2D eigenvalue weighted by molar-refractivity contribution is -0.137. The van der Waals surface area contributed by atoms with E-state index in [0.29, 0.717) is 5.69 Å². The highest BCUT2D eigenvalue weighted by Gasteiger charge is 2.30. The molecule has 0 bridgehead atoms. The molecule has 1 aliphatic heterocycles. The van der Waals surface area contributed by atoms with Gasteiger partial charge in [0.15, 0.2) is 0 Å². The van der Waals surface area contributed by atoms with E-state index in [1.165, 1.54) is 17.2 Å². The summed E-state index contributed by atoms with van der Waals surface area (Å²) in [4.78, 5) is 10.8. The SMILES string of the molecule is FC(F)(F)c1cccc(Nc2nccc(N3CCc4ccccc4C3)n2)c1. The van der Waals surface area contributed by atoms with Gasteiger partial charge in [-0.1, -0.05) is 30.3 Å². The van der Waals surface area contributed by atoms with Crippen LogP contribution < -0.4 is 10.2 Å². The molecular formula is C20H17F3N4. The number of alkyl halides is 3. The van der Waals surface area contributed by atoms with E-state index in [4.69, 9.17) is 0 Å². The third kappa shape index (κ3) is 3.86. The number of benzene rings is 2. The van der Waals surface area contributed by atoms with Crippen molar-refractivity contribution < 1.29 is 13.2 Å². The Kier molecular flexibility index (Phi) is 4.43. The zero-order valence-corrected chi connectivity index (χ0v) is 14.4. The molecule has 0 spiro atoms. The number of nitrogens with one attached hydrogen (secondary N) is 1. The number of anilines is 3. The summed E-state index contributed by atoms with van der Waals surface area (Å²) in [6.07, 6.45) is -1.85. The van der Waals surface area contributed by atoms with Crippen molar-refractivity contribution >= 4 is 17.5 Å². The minimum absolute atomic E-state index is 0.269. The fraction of sp³-hybridized carbons (Fsp3) is 0.200. The molecule has 0 atom stereocenters. The molecule has 0 radical (unpaired) electrons. The predicted molar refractivity (Wildman–Crippen MR) is 98.0 cm³/mol. The molecule has 0 amide bonds. The minimum atomic E-state index is -4.39. The van der Waals surface area contributed by atoms with Crippen LogP contribution >= 0.6 is 0 Å². The van der Waals surface area contributed by atoms with Crippen LogP contribution in [0.25, 0.3) is 0 Å². The number of nitrogens with zero attached hydrogens (tertiary/aromatic N) is 3. The van der Waals surface area contributed by atoms with Gasteiger partial charge in [-0.05, 0) is 41.8 Å². The molecule has 1 N–H and O–H groups in total. The first-order valence-electron chi connectivity index (χ1n) is 8.58. The lowest BCUT2D eigenvalue weighted by atomic mass is 10.00. The van der Waals surface area contributed by atoms with E-state index in [9.17, 15) is 13.2 Å². The second kappa shape index (κ2) is 6.90. The molecule has 0 saturated carbocycles. The highest BCUT2D eigenvalue weighted by molar-refractivity contribution is 5.56. The first-order chi connectivity index (χ1) is 13.0. The summed E-state index contributed by atoms with van der Waals surface area (Å²) in [5, 5.41) is 2.87. The molecule has 0 fully saturated rings. The summed E-state index contributed by atoms with van der Waals surface area (Å²) in [7, 11) is 0. The monoisotopic (exact) mass is 370 g/mol. The van der Waals surface area contributed by atoms with Gasteiger partial charge in [0.25, 0.3) is 0 Å². The van der Waals surface area contributed by atoms with E-state index in [1.54, 1.807) is 12.3 Å². The molecule has 0 saturated heterocycles. The summed E-state index contributed by atoms with van der Waals surface area (Å²) in [5.41, 5.74) is 2.18. The van der Waals surface area contributed by atoms with Crippen LogP contribution in [0.2, 0.25) is 0 Å². The molecule has 0 unspecified atom stereocenters. The van der Waals surface area contributed by atoms with E-state index in [-0.39, 0.29) is 5.95 Å². The molecule has 1 aliphatic rings. The Bertz CT molecular complexity index is 956. The van der Waals surface area contributed by atoms with Gasteiger partial charge < -0.3 is 10.2 Å². The minimum Gasteiger partial charge on any atom is -0.352 e. The van der Waals surface area contributed by atoms with Crippen molar-refractivity contribution in [3.8, 4) is 0 Å². The van der Waals surface area contributed by atoms with E-state index >= 15 is 0 Å². The lowest BCUT2D eigenvalue weighted by Crippen LogP contribution is -2.31. The van der Waals surface area contributed by atoms with Crippen molar-refractivity contribution in [2.24, 2.45) is 0 Å². The maximum Gasteiger partial charge on any atom is 0.416 e. The normalized spacial score (nSPS) is 14.0. The van der Waals surface area contributed by atoms with Gasteiger partial charge in [-0.15, -0.1) is 0 Å². The van der Waals surface area contributed by atoms with Crippen LogP contribution in [0.4, 0.5) is 30.6 Å². The first kappa shape index (κ1) is 17.3. The van der Waals surface area contributed by atoms with Gasteiger partial charge in [0, 0.05) is 25.0 Å². The van der Waals surface area contributed by atoms with Crippen LogP contribution in [0.15, 0.2) is 60.8 Å². The summed E-state index contributed by atoms with van der Waals surface area (Å²) >= 11 is 0. The quantitative estimate of drug-likeness (QED) is 0.719. The molecule has 3 aromatic rings. The highest BCUT2D eigenvalue weighted by atomic mass is 19.4.